The Morgan fingerprint density at radius 3 is 2.74 bits per heavy atom. The molecule has 1 amide bonds. The van der Waals surface area contributed by atoms with Crippen LogP contribution in [0.1, 0.15) is 12.0 Å². The molecule has 0 atom stereocenters. The number of nitrogens with zero attached hydrogens (tertiary/aromatic N) is 2. The third kappa shape index (κ3) is 3.92. The first-order valence-corrected chi connectivity index (χ1v) is 9.17. The third-order valence-electron chi connectivity index (χ3n) is 3.70. The highest BCUT2D eigenvalue weighted by atomic mass is 32.2. The average Bonchev–Trinajstić information content (AvgIpc) is 2.87. The minimum atomic E-state index is -3.65. The van der Waals surface area contributed by atoms with Crippen LogP contribution < -0.4 is 10.0 Å². The number of fused-ring (bicyclic) bond motifs is 1. The predicted octanol–water partition coefficient (Wildman–Crippen LogP) is 1.80. The molecule has 0 unspecified atom stereocenters. The minimum Gasteiger partial charge on any atom is -0.326 e. The van der Waals surface area contributed by atoms with Gasteiger partial charge in [-0.3, -0.25) is 24.6 Å². The lowest BCUT2D eigenvalue weighted by molar-refractivity contribution is -0.387. The van der Waals surface area contributed by atoms with Crippen molar-refractivity contribution in [3.8, 4) is 0 Å². The van der Waals surface area contributed by atoms with Crippen LogP contribution in [-0.4, -0.2) is 31.6 Å². The lowest BCUT2D eigenvalue weighted by Gasteiger charge is -2.05. The SMILES string of the molecule is O=C(CCN=C1NS(=O)(=O)c2ccccc21)Nc1ccc(F)c([N+](=O)[O-])c1. The van der Waals surface area contributed by atoms with Gasteiger partial charge >= 0.3 is 5.69 Å². The van der Waals surface area contributed by atoms with E-state index in [0.29, 0.717) is 5.56 Å². The standard InChI is InChI=1S/C16H13FN4O5S/c17-12-6-5-10(9-13(12)21(23)24)19-15(22)7-8-18-16-11-3-1-2-4-14(11)27(25,26)20-16/h1-6,9H,7-8H2,(H,18,20)(H,19,22). The van der Waals surface area contributed by atoms with E-state index in [0.717, 1.165) is 12.1 Å². The lowest BCUT2D eigenvalue weighted by atomic mass is 10.2. The van der Waals surface area contributed by atoms with Crippen LogP contribution in [-0.2, 0) is 14.8 Å². The largest absolute Gasteiger partial charge is 0.326 e. The number of hydrogen-bond donors (Lipinski definition) is 2. The number of carbonyl (C=O) groups excluding carboxylic acids is 1. The first-order valence-electron chi connectivity index (χ1n) is 7.68. The summed E-state index contributed by atoms with van der Waals surface area (Å²) < 4.78 is 39.5. The Morgan fingerprint density at radius 2 is 2.00 bits per heavy atom. The van der Waals surface area contributed by atoms with Gasteiger partial charge in [0.05, 0.1) is 16.4 Å². The van der Waals surface area contributed by atoms with Gasteiger partial charge in [0.2, 0.25) is 11.7 Å². The molecule has 3 rings (SSSR count). The van der Waals surface area contributed by atoms with Crippen molar-refractivity contribution < 1.29 is 22.5 Å². The highest BCUT2D eigenvalue weighted by molar-refractivity contribution is 7.90. The molecule has 0 radical (unpaired) electrons. The molecule has 140 valence electrons. The molecule has 0 fully saturated rings. The number of nitrogens with one attached hydrogen (secondary N) is 2. The Hall–Kier alpha value is -3.34. The number of amides is 1. The number of nitro groups is 1. The Balaban J connectivity index is 1.65. The highest BCUT2D eigenvalue weighted by Crippen LogP contribution is 2.23. The molecule has 11 heteroatoms. The number of nitro benzene ring substituents is 1. The summed E-state index contributed by atoms with van der Waals surface area (Å²) in [6.45, 7) is -0.0126. The fourth-order valence-corrected chi connectivity index (χ4v) is 3.73. The maximum absolute atomic E-state index is 13.3. The van der Waals surface area contributed by atoms with Gasteiger partial charge in [0, 0.05) is 23.7 Å². The smallest absolute Gasteiger partial charge is 0.306 e. The Bertz CT molecular complexity index is 1070. The van der Waals surface area contributed by atoms with Crippen molar-refractivity contribution in [3.05, 3.63) is 64.0 Å². The van der Waals surface area contributed by atoms with Gasteiger partial charge in [-0.1, -0.05) is 12.1 Å². The Kier molecular flexibility index (Phi) is 4.86. The summed E-state index contributed by atoms with van der Waals surface area (Å²) in [7, 11) is -3.65. The van der Waals surface area contributed by atoms with Gasteiger partial charge in [-0.2, -0.15) is 4.39 Å². The van der Waals surface area contributed by atoms with Crippen LogP contribution in [0.2, 0.25) is 0 Å². The normalized spacial score (nSPS) is 15.8. The van der Waals surface area contributed by atoms with Crippen LogP contribution in [0, 0.1) is 15.9 Å². The zero-order valence-electron chi connectivity index (χ0n) is 13.7. The molecule has 9 nitrogen and oxygen atoms in total. The van der Waals surface area contributed by atoms with Gasteiger partial charge in [-0.15, -0.1) is 0 Å². The number of halogens is 1. The quantitative estimate of drug-likeness (QED) is 0.592. The van der Waals surface area contributed by atoms with Crippen LogP contribution in [0.3, 0.4) is 0 Å². The molecule has 2 aromatic carbocycles. The van der Waals surface area contributed by atoms with Gasteiger partial charge < -0.3 is 5.32 Å². The highest BCUT2D eigenvalue weighted by Gasteiger charge is 2.29. The van der Waals surface area contributed by atoms with Crippen molar-refractivity contribution in [3.63, 3.8) is 0 Å². The monoisotopic (exact) mass is 392 g/mol. The van der Waals surface area contributed by atoms with E-state index in [4.69, 9.17) is 0 Å². The van der Waals surface area contributed by atoms with Gasteiger partial charge in [-0.25, -0.2) is 8.42 Å². The Morgan fingerprint density at radius 1 is 1.26 bits per heavy atom. The topological polar surface area (TPSA) is 131 Å². The molecule has 1 heterocycles. The van der Waals surface area contributed by atoms with Crippen molar-refractivity contribution in [1.82, 2.24) is 4.72 Å². The van der Waals surface area contributed by atoms with E-state index in [1.54, 1.807) is 18.2 Å². The van der Waals surface area contributed by atoms with E-state index < -0.39 is 32.4 Å². The molecule has 0 aliphatic carbocycles. The number of rotatable bonds is 5. The first kappa shape index (κ1) is 18.5. The number of hydrogen-bond acceptors (Lipinski definition) is 6. The van der Waals surface area contributed by atoms with Crippen molar-refractivity contribution in [2.45, 2.75) is 11.3 Å². The zero-order valence-corrected chi connectivity index (χ0v) is 14.5. The second kappa shape index (κ2) is 7.11. The van der Waals surface area contributed by atoms with Gasteiger partial charge in [0.25, 0.3) is 10.0 Å². The molecule has 0 saturated heterocycles. The van der Waals surface area contributed by atoms with Crippen LogP contribution in [0.5, 0.6) is 0 Å². The van der Waals surface area contributed by atoms with E-state index in [2.05, 4.69) is 15.0 Å². The summed E-state index contributed by atoms with van der Waals surface area (Å²) in [4.78, 5) is 26.0. The van der Waals surface area contributed by atoms with Crippen LogP contribution >= 0.6 is 0 Å². The molecular weight excluding hydrogens is 379 g/mol. The minimum absolute atomic E-state index is 0.0126. The van der Waals surface area contributed by atoms with E-state index in [9.17, 15) is 27.7 Å². The average molecular weight is 392 g/mol. The number of anilines is 1. The van der Waals surface area contributed by atoms with E-state index in [-0.39, 0.29) is 29.4 Å². The molecule has 0 saturated carbocycles. The number of amidine groups is 1. The van der Waals surface area contributed by atoms with E-state index in [1.165, 1.54) is 12.1 Å². The van der Waals surface area contributed by atoms with Crippen LogP contribution in [0.15, 0.2) is 52.4 Å². The third-order valence-corrected chi connectivity index (χ3v) is 5.10. The summed E-state index contributed by atoms with van der Waals surface area (Å²) in [6.07, 6.45) is -0.0986. The molecule has 1 aliphatic heterocycles. The molecule has 2 N–H and O–H groups in total. The molecule has 0 aromatic heterocycles. The molecular formula is C16H13FN4O5S. The van der Waals surface area contributed by atoms with Crippen molar-refractivity contribution in [1.29, 1.82) is 0 Å². The summed E-state index contributed by atoms with van der Waals surface area (Å²) in [5.74, 6) is -1.36. The maximum Gasteiger partial charge on any atom is 0.306 e. The number of benzene rings is 2. The Labute approximate surface area is 153 Å². The van der Waals surface area contributed by atoms with Gasteiger partial charge in [0.1, 0.15) is 5.84 Å². The summed E-state index contributed by atoms with van der Waals surface area (Å²) in [6, 6.07) is 9.32. The van der Waals surface area contributed by atoms with Crippen molar-refractivity contribution >= 4 is 33.1 Å². The molecule has 0 spiro atoms. The fourth-order valence-electron chi connectivity index (χ4n) is 2.47. The molecule has 0 bridgehead atoms. The zero-order chi connectivity index (χ0) is 19.6. The van der Waals surface area contributed by atoms with Gasteiger partial charge in [0.15, 0.2) is 0 Å². The number of sulfonamides is 1. The lowest BCUT2D eigenvalue weighted by Crippen LogP contribution is -2.23. The van der Waals surface area contributed by atoms with E-state index in [1.807, 2.05) is 0 Å². The fraction of sp³-hybridized carbons (Fsp3) is 0.125. The maximum atomic E-state index is 13.3. The second-order valence-corrected chi connectivity index (χ2v) is 7.20. The van der Waals surface area contributed by atoms with Crippen LogP contribution in [0.4, 0.5) is 15.8 Å². The number of aliphatic imine (C=N–C) groups is 1. The summed E-state index contributed by atoms with van der Waals surface area (Å²) in [5.41, 5.74) is -0.246. The predicted molar refractivity (Wildman–Crippen MR) is 94.5 cm³/mol. The molecule has 27 heavy (non-hydrogen) atoms. The first-order chi connectivity index (χ1) is 12.8. The molecule has 2 aromatic rings. The summed E-state index contributed by atoms with van der Waals surface area (Å²) >= 11 is 0. The van der Waals surface area contributed by atoms with Crippen molar-refractivity contribution in [2.75, 3.05) is 11.9 Å². The van der Waals surface area contributed by atoms with Gasteiger partial charge in [-0.05, 0) is 24.3 Å². The molecule has 1 aliphatic rings. The van der Waals surface area contributed by atoms with Crippen molar-refractivity contribution in [2.24, 2.45) is 4.99 Å². The summed E-state index contributed by atoms with van der Waals surface area (Å²) in [5, 5.41) is 13.1. The second-order valence-electron chi connectivity index (χ2n) is 5.55. The van der Waals surface area contributed by atoms with E-state index >= 15 is 0 Å². The van der Waals surface area contributed by atoms with Crippen LogP contribution in [0.25, 0.3) is 0 Å². The number of carbonyl (C=O) groups is 1.